The molecule has 0 radical (unpaired) electrons. The highest BCUT2D eigenvalue weighted by Gasteiger charge is 2.37. The summed E-state index contributed by atoms with van der Waals surface area (Å²) < 4.78 is 16.7. The molecule has 0 aliphatic carbocycles. The van der Waals surface area contributed by atoms with E-state index >= 15 is 0 Å². The molecule has 3 aliphatic heterocycles. The molecule has 1 saturated heterocycles. The number of ether oxygens (including phenoxy) is 3. The Hall–Kier alpha value is -5.43. The van der Waals surface area contributed by atoms with E-state index in [4.69, 9.17) is 25.8 Å². The smallest absolute Gasteiger partial charge is 0.261 e. The maximum absolute atomic E-state index is 14.2. The molecule has 0 bridgehead atoms. The highest BCUT2D eigenvalue weighted by Crippen LogP contribution is 2.33. The zero-order valence-electron chi connectivity index (χ0n) is 30.3. The molecule has 4 aromatic rings. The topological polar surface area (TPSA) is 138 Å². The summed E-state index contributed by atoms with van der Waals surface area (Å²) in [5.74, 6) is 0.294. The number of aliphatic hydroxyl groups excluding tert-OH is 1. The number of likely N-dealkylation sites (tertiary alicyclic amines) is 1. The largest absolute Gasteiger partial charge is 0.484 e. The fraction of sp³-hybridized carbons (Fsp3) is 0.333. The van der Waals surface area contributed by atoms with Gasteiger partial charge in [0.25, 0.3) is 17.7 Å². The number of hydrogen-bond donors (Lipinski definition) is 2. The average molecular weight is 767 g/mol. The van der Waals surface area contributed by atoms with E-state index in [0.717, 1.165) is 27.5 Å². The molecule has 286 valence electrons. The van der Waals surface area contributed by atoms with Crippen LogP contribution in [0.25, 0.3) is 0 Å². The van der Waals surface area contributed by atoms with Gasteiger partial charge in [-0.15, -0.1) is 0 Å². The number of nitrogens with zero attached hydrogens (tertiary/aromatic N) is 3. The van der Waals surface area contributed by atoms with Gasteiger partial charge in [-0.2, -0.15) is 0 Å². The first kappa shape index (κ1) is 37.9. The lowest BCUT2D eigenvalue weighted by Crippen LogP contribution is -2.55. The van der Waals surface area contributed by atoms with Crippen molar-refractivity contribution in [1.29, 1.82) is 0 Å². The Kier molecular flexibility index (Phi) is 12.0. The molecule has 55 heavy (non-hydrogen) atoms. The minimum absolute atomic E-state index is 0.0687. The molecule has 2 unspecified atom stereocenters. The van der Waals surface area contributed by atoms with Crippen molar-refractivity contribution in [1.82, 2.24) is 20.0 Å². The van der Waals surface area contributed by atoms with Gasteiger partial charge >= 0.3 is 0 Å². The Balaban J connectivity index is 1.05. The van der Waals surface area contributed by atoms with Gasteiger partial charge in [-0.05, 0) is 72.9 Å². The predicted molar refractivity (Wildman–Crippen MR) is 204 cm³/mol. The summed E-state index contributed by atoms with van der Waals surface area (Å²) in [7, 11) is 0. The molecule has 1 fully saturated rings. The number of nitrogens with one attached hydrogen (secondary N) is 1. The number of piperidine rings is 1. The quantitative estimate of drug-likeness (QED) is 0.165. The number of carbonyl (C=O) groups is 4. The number of halogens is 1. The second-order valence-electron chi connectivity index (χ2n) is 14.0. The van der Waals surface area contributed by atoms with Gasteiger partial charge in [-0.3, -0.25) is 29.0 Å². The number of fused-ring (bicyclic) bond motifs is 2. The Morgan fingerprint density at radius 1 is 0.873 bits per heavy atom. The summed E-state index contributed by atoms with van der Waals surface area (Å²) in [6, 6.07) is 27.8. The van der Waals surface area contributed by atoms with Crippen LogP contribution >= 0.6 is 11.6 Å². The van der Waals surface area contributed by atoms with E-state index < -0.39 is 29.9 Å². The van der Waals surface area contributed by atoms with Gasteiger partial charge < -0.3 is 29.5 Å². The first-order valence-corrected chi connectivity index (χ1v) is 18.8. The average Bonchev–Trinajstić information content (AvgIpc) is 3.76. The van der Waals surface area contributed by atoms with Crippen LogP contribution in [0.3, 0.4) is 0 Å². The van der Waals surface area contributed by atoms with Crippen LogP contribution in [-0.2, 0) is 22.6 Å². The van der Waals surface area contributed by atoms with Gasteiger partial charge in [0.05, 0.1) is 23.3 Å². The Bertz CT molecular complexity index is 1990. The number of hydrogen-bond acceptors (Lipinski definition) is 9. The van der Waals surface area contributed by atoms with E-state index in [-0.39, 0.29) is 44.9 Å². The second kappa shape index (κ2) is 17.4. The highest BCUT2D eigenvalue weighted by atomic mass is 35.5. The molecule has 13 heteroatoms. The molecule has 0 spiro atoms. The fourth-order valence-electron chi connectivity index (χ4n) is 7.37. The van der Waals surface area contributed by atoms with E-state index in [1.165, 1.54) is 0 Å². The third-order valence-corrected chi connectivity index (χ3v) is 10.5. The number of rotatable bonds is 15. The van der Waals surface area contributed by atoms with Gasteiger partial charge in [-0.1, -0.05) is 66.2 Å². The summed E-state index contributed by atoms with van der Waals surface area (Å²) >= 11 is 6.08. The molecule has 0 saturated carbocycles. The van der Waals surface area contributed by atoms with Crippen molar-refractivity contribution in [3.05, 3.63) is 124 Å². The number of amides is 4. The fourth-order valence-corrected chi connectivity index (χ4v) is 7.55. The van der Waals surface area contributed by atoms with Crippen molar-refractivity contribution >= 4 is 35.2 Å². The van der Waals surface area contributed by atoms with Crippen LogP contribution in [0.4, 0.5) is 0 Å². The molecule has 2 atom stereocenters. The summed E-state index contributed by atoms with van der Waals surface area (Å²) in [6.07, 6.45) is 0.304. The van der Waals surface area contributed by atoms with E-state index in [0.29, 0.717) is 60.8 Å². The monoisotopic (exact) mass is 766 g/mol. The van der Waals surface area contributed by atoms with Gasteiger partial charge in [0.2, 0.25) is 12.7 Å². The molecule has 4 amide bonds. The Morgan fingerprint density at radius 2 is 1.58 bits per heavy atom. The van der Waals surface area contributed by atoms with Crippen molar-refractivity contribution in [2.24, 2.45) is 0 Å². The summed E-state index contributed by atoms with van der Waals surface area (Å²) in [5, 5.41) is 15.3. The van der Waals surface area contributed by atoms with Gasteiger partial charge in [-0.25, -0.2) is 0 Å². The van der Waals surface area contributed by atoms with Crippen LogP contribution in [0.1, 0.15) is 51.1 Å². The molecule has 12 nitrogen and oxygen atoms in total. The normalized spacial score (nSPS) is 16.4. The Morgan fingerprint density at radius 3 is 2.31 bits per heavy atom. The zero-order chi connectivity index (χ0) is 38.3. The molecular weight excluding hydrogens is 724 g/mol. The van der Waals surface area contributed by atoms with Crippen molar-refractivity contribution in [2.45, 2.75) is 50.4 Å². The Labute approximate surface area is 324 Å². The van der Waals surface area contributed by atoms with Crippen LogP contribution in [0.2, 0.25) is 5.02 Å². The van der Waals surface area contributed by atoms with Gasteiger partial charge in [0, 0.05) is 50.2 Å². The van der Waals surface area contributed by atoms with Crippen LogP contribution in [0.15, 0.2) is 97.1 Å². The first-order valence-electron chi connectivity index (χ1n) is 18.5. The molecular formula is C42H43ClN4O8. The third-order valence-electron chi connectivity index (χ3n) is 10.2. The highest BCUT2D eigenvalue weighted by molar-refractivity contribution is 6.30. The molecule has 0 aromatic heterocycles. The van der Waals surface area contributed by atoms with Crippen LogP contribution in [0.5, 0.6) is 17.2 Å². The number of carbonyl (C=O) groups excluding carboxylic acids is 4. The molecule has 3 heterocycles. The summed E-state index contributed by atoms with van der Waals surface area (Å²) in [6.45, 7) is 1.84. The summed E-state index contributed by atoms with van der Waals surface area (Å²) in [5.41, 5.74) is 2.62. The molecule has 4 aromatic carbocycles. The van der Waals surface area contributed by atoms with E-state index in [1.807, 2.05) is 48.5 Å². The van der Waals surface area contributed by atoms with Crippen LogP contribution in [-0.4, -0.2) is 101 Å². The van der Waals surface area contributed by atoms with Crippen molar-refractivity contribution in [2.75, 3.05) is 39.6 Å². The van der Waals surface area contributed by atoms with Crippen LogP contribution in [0, 0.1) is 0 Å². The SMILES string of the molecule is O=C(COc1cccc(Cl)c1)NC(Cc1ccccc1)C(O)CN(C(=O)CCN1C(=O)c2ccccc2C1=O)C1CCN(Cc2ccc3c(c2)OCO3)CC1. The third kappa shape index (κ3) is 9.27. The lowest BCUT2D eigenvalue weighted by atomic mass is 9.97. The van der Waals surface area contributed by atoms with Crippen molar-refractivity contribution in [3.8, 4) is 17.2 Å². The van der Waals surface area contributed by atoms with Crippen molar-refractivity contribution < 1.29 is 38.5 Å². The predicted octanol–water partition coefficient (Wildman–Crippen LogP) is 4.72. The van der Waals surface area contributed by atoms with Crippen molar-refractivity contribution in [3.63, 3.8) is 0 Å². The van der Waals surface area contributed by atoms with Gasteiger partial charge in [0.1, 0.15) is 5.75 Å². The molecule has 7 rings (SSSR count). The first-order chi connectivity index (χ1) is 26.7. The molecule has 3 aliphatic rings. The number of aliphatic hydroxyl groups is 1. The standard InChI is InChI=1S/C42H43ClN4O8/c43-30-9-6-10-32(23-30)53-26-39(49)44-35(21-28-7-2-1-3-8-28)36(48)25-47(40(50)17-20-46-41(51)33-11-4-5-12-34(33)42(46)52)31-15-18-45(19-16-31)24-29-13-14-37-38(22-29)55-27-54-37/h1-14,22-23,31,35-36,48H,15-21,24-27H2,(H,44,49). The lowest BCUT2D eigenvalue weighted by Gasteiger charge is -2.40. The zero-order valence-corrected chi connectivity index (χ0v) is 31.0. The van der Waals surface area contributed by atoms with E-state index in [9.17, 15) is 24.3 Å². The van der Waals surface area contributed by atoms with E-state index in [2.05, 4.69) is 10.2 Å². The minimum atomic E-state index is -1.16. The minimum Gasteiger partial charge on any atom is -0.484 e. The number of benzene rings is 4. The van der Waals surface area contributed by atoms with Gasteiger partial charge in [0.15, 0.2) is 18.1 Å². The maximum Gasteiger partial charge on any atom is 0.261 e. The second-order valence-corrected chi connectivity index (χ2v) is 14.4. The molecule has 2 N–H and O–H groups in total. The lowest BCUT2D eigenvalue weighted by molar-refractivity contribution is -0.137. The van der Waals surface area contributed by atoms with Crippen LogP contribution < -0.4 is 19.5 Å². The van der Waals surface area contributed by atoms with E-state index in [1.54, 1.807) is 53.4 Å². The summed E-state index contributed by atoms with van der Waals surface area (Å²) in [4.78, 5) is 58.7. The maximum atomic E-state index is 14.2. The number of imide groups is 1.